The van der Waals surface area contributed by atoms with E-state index in [0.717, 1.165) is 12.8 Å². The highest BCUT2D eigenvalue weighted by atomic mass is 16.2. The van der Waals surface area contributed by atoms with Gasteiger partial charge in [0.05, 0.1) is 0 Å². The second-order valence-corrected chi connectivity index (χ2v) is 8.38. The van der Waals surface area contributed by atoms with Crippen LogP contribution < -0.4 is 10.6 Å². The first-order chi connectivity index (χ1) is 13.9. The average molecular weight is 402 g/mol. The largest absolute Gasteiger partial charge is 0.348 e. The van der Waals surface area contributed by atoms with Crippen LogP contribution in [0.15, 0.2) is 12.4 Å². The van der Waals surface area contributed by atoms with Gasteiger partial charge < -0.3 is 15.5 Å². The summed E-state index contributed by atoms with van der Waals surface area (Å²) in [6.45, 7) is 5.06. The van der Waals surface area contributed by atoms with E-state index in [1.165, 1.54) is 25.2 Å². The van der Waals surface area contributed by atoms with Crippen molar-refractivity contribution in [2.45, 2.75) is 64.8 Å². The van der Waals surface area contributed by atoms with Gasteiger partial charge in [-0.2, -0.15) is 0 Å². The molecule has 1 aliphatic heterocycles. The molecule has 0 radical (unpaired) electrons. The number of nitrogens with one attached hydrogen (secondary N) is 2. The number of carbonyl (C=O) groups is 3. The predicted octanol–water partition coefficient (Wildman–Crippen LogP) is 2.37. The van der Waals surface area contributed by atoms with Crippen LogP contribution in [0.4, 0.5) is 5.82 Å². The van der Waals surface area contributed by atoms with E-state index < -0.39 is 0 Å². The lowest BCUT2D eigenvalue weighted by Gasteiger charge is -2.33. The molecule has 8 heteroatoms. The number of carbonyl (C=O) groups excluding carboxylic acids is 3. The van der Waals surface area contributed by atoms with Crippen LogP contribution in [0, 0.1) is 11.8 Å². The van der Waals surface area contributed by atoms with Gasteiger partial charge in [0.15, 0.2) is 11.5 Å². The number of hydrogen-bond donors (Lipinski definition) is 2. The number of hydrogen-bond acceptors (Lipinski definition) is 5. The van der Waals surface area contributed by atoms with E-state index in [-0.39, 0.29) is 41.2 Å². The molecule has 3 amide bonds. The fraction of sp³-hybridized carbons (Fsp3) is 0.667. The Kier molecular flexibility index (Phi) is 7.17. The fourth-order valence-electron chi connectivity index (χ4n) is 4.12. The second kappa shape index (κ2) is 9.80. The summed E-state index contributed by atoms with van der Waals surface area (Å²) in [5, 5.41) is 5.74. The lowest BCUT2D eigenvalue weighted by molar-refractivity contribution is -0.135. The zero-order valence-electron chi connectivity index (χ0n) is 17.3. The SMILES string of the molecule is CC(C)C(=O)N1CCC(NC(=O)c2nccnc2NC(=O)CC2CCCC2)CC1. The summed E-state index contributed by atoms with van der Waals surface area (Å²) < 4.78 is 0. The number of amides is 3. The van der Waals surface area contributed by atoms with Crippen molar-refractivity contribution in [3.05, 3.63) is 18.1 Å². The lowest BCUT2D eigenvalue weighted by Crippen LogP contribution is -2.47. The second-order valence-electron chi connectivity index (χ2n) is 8.38. The van der Waals surface area contributed by atoms with Crippen molar-refractivity contribution in [2.75, 3.05) is 18.4 Å². The minimum absolute atomic E-state index is 0.0175. The number of likely N-dealkylation sites (tertiary alicyclic amines) is 1. The third kappa shape index (κ3) is 5.74. The maximum absolute atomic E-state index is 12.7. The van der Waals surface area contributed by atoms with Gasteiger partial charge in [0, 0.05) is 43.9 Å². The highest BCUT2D eigenvalue weighted by molar-refractivity contribution is 6.01. The molecule has 1 aromatic heterocycles. The number of aromatic nitrogens is 2. The van der Waals surface area contributed by atoms with Gasteiger partial charge >= 0.3 is 0 Å². The van der Waals surface area contributed by atoms with E-state index >= 15 is 0 Å². The first-order valence-corrected chi connectivity index (χ1v) is 10.6. The van der Waals surface area contributed by atoms with E-state index in [1.807, 2.05) is 18.7 Å². The van der Waals surface area contributed by atoms with Gasteiger partial charge in [0.25, 0.3) is 5.91 Å². The summed E-state index contributed by atoms with van der Waals surface area (Å²) in [5.41, 5.74) is 0.132. The normalized spacial score (nSPS) is 18.1. The topological polar surface area (TPSA) is 104 Å². The van der Waals surface area contributed by atoms with Crippen LogP contribution in [0.5, 0.6) is 0 Å². The van der Waals surface area contributed by atoms with Crippen molar-refractivity contribution >= 4 is 23.5 Å². The summed E-state index contributed by atoms with van der Waals surface area (Å²) in [5.74, 6) is 0.296. The fourth-order valence-corrected chi connectivity index (χ4v) is 4.12. The molecular formula is C21H31N5O3. The van der Waals surface area contributed by atoms with Crippen LogP contribution in [0.1, 0.15) is 69.3 Å². The summed E-state index contributed by atoms with van der Waals surface area (Å²) in [6.07, 6.45) is 9.31. The lowest BCUT2D eigenvalue weighted by atomic mass is 10.0. The van der Waals surface area contributed by atoms with Crippen LogP contribution in [0.3, 0.4) is 0 Å². The van der Waals surface area contributed by atoms with Gasteiger partial charge in [0.1, 0.15) is 0 Å². The maximum atomic E-state index is 12.7. The molecule has 1 aromatic rings. The highest BCUT2D eigenvalue weighted by Crippen LogP contribution is 2.27. The van der Waals surface area contributed by atoms with E-state index in [9.17, 15) is 14.4 Å². The Balaban J connectivity index is 1.54. The Bertz CT molecular complexity index is 738. The minimum Gasteiger partial charge on any atom is -0.348 e. The Morgan fingerprint density at radius 1 is 1.07 bits per heavy atom. The summed E-state index contributed by atoms with van der Waals surface area (Å²) in [4.78, 5) is 47.3. The molecule has 3 rings (SSSR count). The number of piperidine rings is 1. The molecule has 2 heterocycles. The summed E-state index contributed by atoms with van der Waals surface area (Å²) in [7, 11) is 0. The highest BCUT2D eigenvalue weighted by Gasteiger charge is 2.27. The first-order valence-electron chi connectivity index (χ1n) is 10.6. The number of nitrogens with zero attached hydrogens (tertiary/aromatic N) is 3. The smallest absolute Gasteiger partial charge is 0.273 e. The molecule has 2 fully saturated rings. The van der Waals surface area contributed by atoms with Crippen molar-refractivity contribution in [3.8, 4) is 0 Å². The molecule has 0 unspecified atom stereocenters. The quantitative estimate of drug-likeness (QED) is 0.761. The van der Waals surface area contributed by atoms with Crippen molar-refractivity contribution in [1.29, 1.82) is 0 Å². The molecular weight excluding hydrogens is 370 g/mol. The van der Waals surface area contributed by atoms with Crippen molar-refractivity contribution in [3.63, 3.8) is 0 Å². The van der Waals surface area contributed by atoms with Gasteiger partial charge in [-0.05, 0) is 31.6 Å². The monoisotopic (exact) mass is 401 g/mol. The number of anilines is 1. The zero-order valence-corrected chi connectivity index (χ0v) is 17.3. The van der Waals surface area contributed by atoms with Crippen LogP contribution >= 0.6 is 0 Å². The third-order valence-corrected chi connectivity index (χ3v) is 5.76. The molecule has 2 N–H and O–H groups in total. The molecule has 29 heavy (non-hydrogen) atoms. The van der Waals surface area contributed by atoms with E-state index in [1.54, 1.807) is 0 Å². The van der Waals surface area contributed by atoms with Crippen LogP contribution in [-0.2, 0) is 9.59 Å². The predicted molar refractivity (Wildman–Crippen MR) is 109 cm³/mol. The number of rotatable bonds is 6. The Morgan fingerprint density at radius 3 is 2.38 bits per heavy atom. The molecule has 158 valence electrons. The molecule has 0 spiro atoms. The van der Waals surface area contributed by atoms with Gasteiger partial charge in [0.2, 0.25) is 11.8 Å². The summed E-state index contributed by atoms with van der Waals surface area (Å²) in [6, 6.07) is -0.0252. The van der Waals surface area contributed by atoms with E-state index in [4.69, 9.17) is 0 Å². The minimum atomic E-state index is -0.345. The van der Waals surface area contributed by atoms with E-state index in [0.29, 0.717) is 38.3 Å². The molecule has 0 aromatic carbocycles. The summed E-state index contributed by atoms with van der Waals surface area (Å²) >= 11 is 0. The van der Waals surface area contributed by atoms with Crippen molar-refractivity contribution in [1.82, 2.24) is 20.2 Å². The first kappa shape index (κ1) is 21.2. The Morgan fingerprint density at radius 2 is 1.72 bits per heavy atom. The molecule has 1 saturated heterocycles. The average Bonchev–Trinajstić information content (AvgIpc) is 3.21. The standard InChI is InChI=1S/C21H31N5O3/c1-14(2)21(29)26-11-7-16(8-12-26)24-20(28)18-19(23-10-9-22-18)25-17(27)13-15-5-3-4-6-15/h9-10,14-16H,3-8,11-13H2,1-2H3,(H,24,28)(H,23,25,27). The maximum Gasteiger partial charge on any atom is 0.273 e. The Labute approximate surface area is 171 Å². The Hall–Kier alpha value is -2.51. The third-order valence-electron chi connectivity index (χ3n) is 5.76. The van der Waals surface area contributed by atoms with Crippen molar-refractivity contribution in [2.24, 2.45) is 11.8 Å². The molecule has 2 aliphatic rings. The zero-order chi connectivity index (χ0) is 20.8. The molecule has 1 saturated carbocycles. The van der Waals surface area contributed by atoms with Gasteiger partial charge in [-0.1, -0.05) is 26.7 Å². The van der Waals surface area contributed by atoms with Gasteiger partial charge in [-0.3, -0.25) is 14.4 Å². The van der Waals surface area contributed by atoms with Crippen LogP contribution in [-0.4, -0.2) is 51.7 Å². The molecule has 8 nitrogen and oxygen atoms in total. The van der Waals surface area contributed by atoms with Gasteiger partial charge in [-0.15, -0.1) is 0 Å². The van der Waals surface area contributed by atoms with Crippen LogP contribution in [0.25, 0.3) is 0 Å². The van der Waals surface area contributed by atoms with Crippen molar-refractivity contribution < 1.29 is 14.4 Å². The van der Waals surface area contributed by atoms with Gasteiger partial charge in [-0.25, -0.2) is 9.97 Å². The molecule has 1 aliphatic carbocycles. The molecule has 0 bridgehead atoms. The van der Waals surface area contributed by atoms with E-state index in [2.05, 4.69) is 20.6 Å². The van der Waals surface area contributed by atoms with Crippen LogP contribution in [0.2, 0.25) is 0 Å². The molecule has 0 atom stereocenters.